The summed E-state index contributed by atoms with van der Waals surface area (Å²) in [5.41, 5.74) is 3.31. The molecule has 30 heavy (non-hydrogen) atoms. The third-order valence-corrected chi connectivity index (χ3v) is 5.40. The van der Waals surface area contributed by atoms with Crippen molar-refractivity contribution >= 4 is 34.4 Å². The predicted molar refractivity (Wildman–Crippen MR) is 115 cm³/mol. The number of halogens is 1. The van der Waals surface area contributed by atoms with Crippen LogP contribution in [0.15, 0.2) is 42.9 Å². The van der Waals surface area contributed by atoms with E-state index in [1.54, 1.807) is 29.1 Å². The summed E-state index contributed by atoms with van der Waals surface area (Å²) in [4.78, 5) is 18.4. The largest absolute Gasteiger partial charge is 0.508 e. The first-order valence-electron chi connectivity index (χ1n) is 9.58. The number of benzene rings is 1. The molecule has 0 atom stereocenters. The van der Waals surface area contributed by atoms with E-state index in [0.717, 1.165) is 43.1 Å². The molecule has 4 aromatic rings. The molecule has 1 aliphatic heterocycles. The van der Waals surface area contributed by atoms with Crippen LogP contribution in [0, 0.1) is 6.92 Å². The van der Waals surface area contributed by atoms with Gasteiger partial charge in [-0.05, 0) is 31.2 Å². The Morgan fingerprint density at radius 1 is 1.00 bits per heavy atom. The van der Waals surface area contributed by atoms with Gasteiger partial charge in [-0.1, -0.05) is 11.6 Å². The normalized spacial score (nSPS) is 14.5. The maximum Gasteiger partial charge on any atom is 0.227 e. The zero-order chi connectivity index (χ0) is 20.7. The lowest BCUT2D eigenvalue weighted by Gasteiger charge is -2.36. The first kappa shape index (κ1) is 18.6. The van der Waals surface area contributed by atoms with Gasteiger partial charge in [0, 0.05) is 37.9 Å². The van der Waals surface area contributed by atoms with E-state index < -0.39 is 0 Å². The summed E-state index contributed by atoms with van der Waals surface area (Å²) in [5.74, 6) is 1.50. The number of anilines is 2. The maximum absolute atomic E-state index is 9.49. The van der Waals surface area contributed by atoms with Crippen molar-refractivity contribution in [2.24, 2.45) is 0 Å². The van der Waals surface area contributed by atoms with E-state index in [2.05, 4.69) is 30.0 Å². The second-order valence-corrected chi connectivity index (χ2v) is 7.55. The number of aromatic nitrogens is 6. The molecule has 152 valence electrons. The highest BCUT2D eigenvalue weighted by molar-refractivity contribution is 6.30. The molecule has 0 aliphatic carbocycles. The summed E-state index contributed by atoms with van der Waals surface area (Å²) >= 11 is 6.07. The van der Waals surface area contributed by atoms with Crippen molar-refractivity contribution in [3.8, 4) is 11.6 Å². The first-order chi connectivity index (χ1) is 14.6. The van der Waals surface area contributed by atoms with Gasteiger partial charge in [0.2, 0.25) is 5.95 Å². The van der Waals surface area contributed by atoms with Crippen LogP contribution in [0.1, 0.15) is 5.69 Å². The second-order valence-electron chi connectivity index (χ2n) is 7.12. The number of fused-ring (bicyclic) bond motifs is 1. The summed E-state index contributed by atoms with van der Waals surface area (Å²) in [5, 5.41) is 18.1. The fourth-order valence-electron chi connectivity index (χ4n) is 3.61. The van der Waals surface area contributed by atoms with Gasteiger partial charge in [0.05, 0.1) is 16.9 Å². The third-order valence-electron chi connectivity index (χ3n) is 5.19. The first-order valence-corrected chi connectivity index (χ1v) is 9.95. The minimum absolute atomic E-state index is 0.274. The Kier molecular flexibility index (Phi) is 4.59. The van der Waals surface area contributed by atoms with E-state index in [9.17, 15) is 5.11 Å². The third kappa shape index (κ3) is 3.37. The average Bonchev–Trinajstić information content (AvgIpc) is 3.19. The van der Waals surface area contributed by atoms with Crippen LogP contribution in [0.3, 0.4) is 0 Å². The Labute approximate surface area is 177 Å². The molecule has 0 amide bonds. The van der Waals surface area contributed by atoms with Crippen LogP contribution < -0.4 is 9.80 Å². The van der Waals surface area contributed by atoms with Crippen molar-refractivity contribution in [3.63, 3.8) is 0 Å². The van der Waals surface area contributed by atoms with Crippen LogP contribution >= 0.6 is 11.6 Å². The lowest BCUT2D eigenvalue weighted by Crippen LogP contribution is -2.47. The molecule has 0 spiro atoms. The van der Waals surface area contributed by atoms with Crippen LogP contribution in [0.2, 0.25) is 5.02 Å². The molecular formula is C20H19ClN8O. The molecular weight excluding hydrogens is 404 g/mol. The summed E-state index contributed by atoms with van der Waals surface area (Å²) in [6, 6.07) is 9.01. The topological polar surface area (TPSA) is 96.1 Å². The Balaban J connectivity index is 1.42. The van der Waals surface area contributed by atoms with E-state index in [1.165, 1.54) is 6.20 Å². The molecule has 10 heteroatoms. The Bertz CT molecular complexity index is 1200. The van der Waals surface area contributed by atoms with Gasteiger partial charge in [0.25, 0.3) is 0 Å². The molecule has 3 aromatic heterocycles. The standard InChI is InChI=1S/C20H19ClN8O/c1-13-18-19(29(12-22-18)17-10-14(21)11-23-26-17)25-20(24-13)28-8-6-27(7-9-28)15-2-4-16(30)5-3-15/h2-5,10-12,30H,6-9H2,1H3. The predicted octanol–water partition coefficient (Wildman–Crippen LogP) is 2.60. The van der Waals surface area contributed by atoms with Crippen LogP contribution in [0.4, 0.5) is 11.6 Å². The monoisotopic (exact) mass is 422 g/mol. The highest BCUT2D eigenvalue weighted by atomic mass is 35.5. The number of aryl methyl sites for hydroxylation is 1. The van der Waals surface area contributed by atoms with Crippen molar-refractivity contribution in [1.29, 1.82) is 0 Å². The molecule has 1 aliphatic rings. The minimum atomic E-state index is 0.274. The average molecular weight is 423 g/mol. The zero-order valence-corrected chi connectivity index (χ0v) is 17.0. The van der Waals surface area contributed by atoms with Crippen LogP contribution in [-0.4, -0.2) is 61.0 Å². The van der Waals surface area contributed by atoms with Gasteiger partial charge >= 0.3 is 0 Å². The number of nitrogens with zero attached hydrogens (tertiary/aromatic N) is 8. The Morgan fingerprint density at radius 2 is 1.73 bits per heavy atom. The van der Waals surface area contributed by atoms with E-state index in [1.807, 2.05) is 19.1 Å². The number of hydrogen-bond acceptors (Lipinski definition) is 8. The quantitative estimate of drug-likeness (QED) is 0.538. The lowest BCUT2D eigenvalue weighted by molar-refractivity contribution is 0.475. The molecule has 0 radical (unpaired) electrons. The van der Waals surface area contributed by atoms with E-state index >= 15 is 0 Å². The number of aromatic hydroxyl groups is 1. The van der Waals surface area contributed by atoms with Crippen LogP contribution in [0.25, 0.3) is 17.0 Å². The smallest absolute Gasteiger partial charge is 0.227 e. The van der Waals surface area contributed by atoms with Gasteiger partial charge in [-0.3, -0.25) is 4.57 Å². The highest BCUT2D eigenvalue weighted by Crippen LogP contribution is 2.24. The summed E-state index contributed by atoms with van der Waals surface area (Å²) in [7, 11) is 0. The molecule has 0 unspecified atom stereocenters. The SMILES string of the molecule is Cc1nc(N2CCN(c3ccc(O)cc3)CC2)nc2c1ncn2-c1cc(Cl)cnn1. The van der Waals surface area contributed by atoms with Gasteiger partial charge in [-0.15, -0.1) is 5.10 Å². The lowest BCUT2D eigenvalue weighted by atomic mass is 10.2. The van der Waals surface area contributed by atoms with Gasteiger partial charge in [-0.2, -0.15) is 10.1 Å². The van der Waals surface area contributed by atoms with Crippen molar-refractivity contribution in [2.45, 2.75) is 6.92 Å². The number of phenols is 1. The summed E-state index contributed by atoms with van der Waals surface area (Å²) in [6.45, 7) is 5.18. The number of rotatable bonds is 3. The van der Waals surface area contributed by atoms with E-state index in [-0.39, 0.29) is 5.75 Å². The number of piperazine rings is 1. The fourth-order valence-corrected chi connectivity index (χ4v) is 3.76. The van der Waals surface area contributed by atoms with Gasteiger partial charge in [0.1, 0.15) is 17.6 Å². The highest BCUT2D eigenvalue weighted by Gasteiger charge is 2.22. The fraction of sp³-hybridized carbons (Fsp3) is 0.250. The molecule has 1 fully saturated rings. The van der Waals surface area contributed by atoms with Crippen LogP contribution in [0.5, 0.6) is 5.75 Å². The molecule has 0 saturated carbocycles. The molecule has 9 nitrogen and oxygen atoms in total. The minimum Gasteiger partial charge on any atom is -0.508 e. The number of hydrogen-bond donors (Lipinski definition) is 1. The van der Waals surface area contributed by atoms with Crippen LogP contribution in [-0.2, 0) is 0 Å². The zero-order valence-electron chi connectivity index (χ0n) is 16.3. The molecule has 1 N–H and O–H groups in total. The summed E-state index contributed by atoms with van der Waals surface area (Å²) < 4.78 is 1.78. The van der Waals surface area contributed by atoms with Gasteiger partial charge in [-0.25, -0.2) is 9.97 Å². The van der Waals surface area contributed by atoms with Crippen molar-refractivity contribution in [3.05, 3.63) is 53.6 Å². The Morgan fingerprint density at radius 3 is 2.47 bits per heavy atom. The Hall–Kier alpha value is -3.46. The summed E-state index contributed by atoms with van der Waals surface area (Å²) in [6.07, 6.45) is 3.16. The van der Waals surface area contributed by atoms with Crippen molar-refractivity contribution in [2.75, 3.05) is 36.0 Å². The molecule has 1 saturated heterocycles. The molecule has 5 rings (SSSR count). The van der Waals surface area contributed by atoms with Gasteiger partial charge < -0.3 is 14.9 Å². The molecule has 1 aromatic carbocycles. The van der Waals surface area contributed by atoms with Crippen molar-refractivity contribution in [1.82, 2.24) is 29.7 Å². The second kappa shape index (κ2) is 7.42. The number of imidazole rings is 1. The molecule has 0 bridgehead atoms. The number of phenolic OH excluding ortho intramolecular Hbond substituents is 1. The van der Waals surface area contributed by atoms with Gasteiger partial charge in [0.15, 0.2) is 11.5 Å². The molecule has 4 heterocycles. The van der Waals surface area contributed by atoms with E-state index in [0.29, 0.717) is 22.4 Å². The maximum atomic E-state index is 9.49. The van der Waals surface area contributed by atoms with Crippen molar-refractivity contribution < 1.29 is 5.11 Å². The van der Waals surface area contributed by atoms with E-state index in [4.69, 9.17) is 16.6 Å².